The molecular formula is C17H24N4O5. The fraction of sp³-hybridized carbons (Fsp3) is 0.765. The number of ether oxygens (including phenoxy) is 2. The second-order valence-electron chi connectivity index (χ2n) is 7.65. The van der Waals surface area contributed by atoms with Crippen LogP contribution in [0.1, 0.15) is 48.8 Å². The summed E-state index contributed by atoms with van der Waals surface area (Å²) in [6.07, 6.45) is 2.02. The van der Waals surface area contributed by atoms with Gasteiger partial charge in [-0.25, -0.2) is 4.68 Å². The second kappa shape index (κ2) is 5.75. The molecule has 4 fully saturated rings. The molecule has 4 heterocycles. The standard InChI is InChI=1S/C17H24N4O5/c1-3-21-11(2)12(19-20-21)13(22)18-10-15-8-16(9-15,14(23)24)17(26-15)4-6-25-7-5-17/h3-10H2,1-2H3,(H,18,22)(H,23,24). The largest absolute Gasteiger partial charge is 0.481 e. The Bertz CT molecular complexity index is 746. The summed E-state index contributed by atoms with van der Waals surface area (Å²) < 4.78 is 13.4. The van der Waals surface area contributed by atoms with Crippen molar-refractivity contribution >= 4 is 11.9 Å². The topological polar surface area (TPSA) is 116 Å². The van der Waals surface area contributed by atoms with E-state index in [4.69, 9.17) is 9.47 Å². The summed E-state index contributed by atoms with van der Waals surface area (Å²) in [6.45, 7) is 5.68. The zero-order valence-electron chi connectivity index (χ0n) is 15.1. The monoisotopic (exact) mass is 364 g/mol. The van der Waals surface area contributed by atoms with Gasteiger partial charge in [-0.1, -0.05) is 5.21 Å². The summed E-state index contributed by atoms with van der Waals surface area (Å²) in [5.74, 6) is -1.11. The van der Waals surface area contributed by atoms with Crippen LogP contribution in [0.4, 0.5) is 0 Å². The molecule has 1 spiro atoms. The first-order valence-electron chi connectivity index (χ1n) is 9.07. The molecule has 1 aliphatic carbocycles. The number of aliphatic carboxylic acids is 1. The van der Waals surface area contributed by atoms with Gasteiger partial charge in [0.05, 0.1) is 16.9 Å². The SMILES string of the molecule is CCn1nnc(C(=O)NCC23CC(C(=O)O)(C2)C2(CCOCC2)O3)c1C. The van der Waals surface area contributed by atoms with E-state index >= 15 is 0 Å². The molecule has 0 atom stereocenters. The fourth-order valence-electron chi connectivity index (χ4n) is 4.94. The first-order valence-corrected chi connectivity index (χ1v) is 9.07. The molecule has 1 aromatic rings. The summed E-state index contributed by atoms with van der Waals surface area (Å²) in [5.41, 5.74) is -1.14. The average molecular weight is 364 g/mol. The van der Waals surface area contributed by atoms with E-state index in [0.717, 1.165) is 0 Å². The number of nitrogens with zero attached hydrogens (tertiary/aromatic N) is 3. The Morgan fingerprint density at radius 3 is 2.58 bits per heavy atom. The van der Waals surface area contributed by atoms with Crippen LogP contribution in [0.25, 0.3) is 0 Å². The van der Waals surface area contributed by atoms with Crippen molar-refractivity contribution in [2.45, 2.75) is 57.3 Å². The van der Waals surface area contributed by atoms with Gasteiger partial charge in [0.15, 0.2) is 5.69 Å². The summed E-state index contributed by atoms with van der Waals surface area (Å²) in [4.78, 5) is 24.5. The predicted octanol–water partition coefficient (Wildman–Crippen LogP) is 0.519. The highest BCUT2D eigenvalue weighted by Crippen LogP contribution is 2.69. The van der Waals surface area contributed by atoms with Crippen LogP contribution in [0, 0.1) is 12.3 Å². The molecule has 1 saturated carbocycles. The number of nitrogens with one attached hydrogen (secondary N) is 1. The summed E-state index contributed by atoms with van der Waals surface area (Å²) >= 11 is 0. The van der Waals surface area contributed by atoms with Crippen LogP contribution in [0.5, 0.6) is 0 Å². The van der Waals surface area contributed by atoms with Gasteiger partial charge in [0.2, 0.25) is 0 Å². The van der Waals surface area contributed by atoms with Crippen LogP contribution in [0.15, 0.2) is 0 Å². The Kier molecular flexibility index (Phi) is 3.85. The van der Waals surface area contributed by atoms with E-state index in [1.54, 1.807) is 11.6 Å². The average Bonchev–Trinajstić information content (AvgIpc) is 3.18. The van der Waals surface area contributed by atoms with E-state index in [-0.39, 0.29) is 12.5 Å². The minimum absolute atomic E-state index is 0.280. The van der Waals surface area contributed by atoms with Crippen molar-refractivity contribution in [1.29, 1.82) is 0 Å². The van der Waals surface area contributed by atoms with E-state index in [2.05, 4.69) is 15.6 Å². The van der Waals surface area contributed by atoms with E-state index in [0.29, 0.717) is 56.8 Å². The third-order valence-electron chi connectivity index (χ3n) is 6.31. The number of aromatic nitrogens is 3. The third kappa shape index (κ3) is 2.23. The van der Waals surface area contributed by atoms with E-state index in [1.165, 1.54) is 0 Å². The zero-order chi connectivity index (χ0) is 18.6. The van der Waals surface area contributed by atoms with Crippen molar-refractivity contribution in [3.05, 3.63) is 11.4 Å². The highest BCUT2D eigenvalue weighted by atomic mass is 16.6. The number of amides is 1. The molecule has 9 heteroatoms. The highest BCUT2D eigenvalue weighted by Gasteiger charge is 2.78. The molecule has 26 heavy (non-hydrogen) atoms. The number of carbonyl (C=O) groups is 2. The number of hydrogen-bond acceptors (Lipinski definition) is 6. The summed E-state index contributed by atoms with van der Waals surface area (Å²) in [7, 11) is 0. The van der Waals surface area contributed by atoms with Gasteiger partial charge in [-0.15, -0.1) is 5.10 Å². The number of hydrogen-bond donors (Lipinski definition) is 2. The van der Waals surface area contributed by atoms with Crippen LogP contribution in [0.3, 0.4) is 0 Å². The van der Waals surface area contributed by atoms with Crippen LogP contribution in [0.2, 0.25) is 0 Å². The van der Waals surface area contributed by atoms with Gasteiger partial charge < -0.3 is 19.9 Å². The van der Waals surface area contributed by atoms with Crippen molar-refractivity contribution in [3.8, 4) is 0 Å². The first-order chi connectivity index (χ1) is 12.4. The first kappa shape index (κ1) is 17.4. The van der Waals surface area contributed by atoms with E-state index < -0.39 is 22.6 Å². The number of carboxylic acids is 1. The van der Waals surface area contributed by atoms with Gasteiger partial charge in [0, 0.05) is 39.1 Å². The lowest BCUT2D eigenvalue weighted by molar-refractivity contribution is -0.163. The summed E-state index contributed by atoms with van der Waals surface area (Å²) in [5, 5.41) is 20.6. The van der Waals surface area contributed by atoms with Gasteiger partial charge in [-0.3, -0.25) is 9.59 Å². The van der Waals surface area contributed by atoms with Crippen molar-refractivity contribution < 1.29 is 24.2 Å². The molecule has 0 aromatic carbocycles. The quantitative estimate of drug-likeness (QED) is 0.782. The molecular weight excluding hydrogens is 340 g/mol. The minimum atomic E-state index is -0.858. The maximum absolute atomic E-state index is 12.5. The fourth-order valence-corrected chi connectivity index (χ4v) is 4.94. The second-order valence-corrected chi connectivity index (χ2v) is 7.65. The number of carbonyl (C=O) groups excluding carboxylic acids is 1. The lowest BCUT2D eigenvalue weighted by atomic mass is 9.54. The molecule has 4 aliphatic rings. The van der Waals surface area contributed by atoms with Gasteiger partial charge in [-0.05, 0) is 26.7 Å². The zero-order valence-corrected chi connectivity index (χ0v) is 15.1. The molecule has 3 aliphatic heterocycles. The highest BCUT2D eigenvalue weighted by molar-refractivity contribution is 5.93. The van der Waals surface area contributed by atoms with Crippen LogP contribution in [-0.4, -0.2) is 62.9 Å². The molecule has 0 unspecified atom stereocenters. The lowest BCUT2D eigenvalue weighted by Crippen LogP contribution is -2.58. The number of carboxylic acid groups (broad SMARTS) is 1. The van der Waals surface area contributed by atoms with Crippen LogP contribution in [-0.2, 0) is 20.8 Å². The Labute approximate surface area is 151 Å². The molecule has 142 valence electrons. The molecule has 1 aromatic heterocycles. The van der Waals surface area contributed by atoms with E-state index in [1.807, 2.05) is 6.92 Å². The van der Waals surface area contributed by atoms with Crippen molar-refractivity contribution in [2.75, 3.05) is 19.8 Å². The van der Waals surface area contributed by atoms with Crippen molar-refractivity contribution in [3.63, 3.8) is 0 Å². The van der Waals surface area contributed by atoms with Crippen LogP contribution >= 0.6 is 0 Å². The third-order valence-corrected chi connectivity index (χ3v) is 6.31. The maximum Gasteiger partial charge on any atom is 0.312 e. The smallest absolute Gasteiger partial charge is 0.312 e. The van der Waals surface area contributed by atoms with Gasteiger partial charge in [0.25, 0.3) is 5.91 Å². The van der Waals surface area contributed by atoms with E-state index in [9.17, 15) is 14.7 Å². The molecule has 9 nitrogen and oxygen atoms in total. The van der Waals surface area contributed by atoms with Gasteiger partial charge in [0.1, 0.15) is 5.41 Å². The minimum Gasteiger partial charge on any atom is -0.481 e. The molecule has 2 bridgehead atoms. The van der Waals surface area contributed by atoms with Crippen molar-refractivity contribution in [1.82, 2.24) is 20.3 Å². The maximum atomic E-state index is 12.5. The molecule has 0 radical (unpaired) electrons. The molecule has 1 amide bonds. The Hall–Kier alpha value is -2.00. The van der Waals surface area contributed by atoms with Crippen molar-refractivity contribution in [2.24, 2.45) is 5.41 Å². The van der Waals surface area contributed by atoms with Gasteiger partial charge >= 0.3 is 5.97 Å². The predicted molar refractivity (Wildman–Crippen MR) is 88.7 cm³/mol. The number of rotatable bonds is 5. The molecule has 5 rings (SSSR count). The Morgan fingerprint density at radius 2 is 2.00 bits per heavy atom. The molecule has 3 saturated heterocycles. The number of aryl methyl sites for hydroxylation is 1. The Balaban J connectivity index is 1.47. The van der Waals surface area contributed by atoms with Gasteiger partial charge in [-0.2, -0.15) is 0 Å². The lowest BCUT2D eigenvalue weighted by Gasteiger charge is -2.45. The Morgan fingerprint density at radius 1 is 1.31 bits per heavy atom. The molecule has 2 N–H and O–H groups in total. The normalized spacial score (nSPS) is 31.6. The van der Waals surface area contributed by atoms with Crippen LogP contribution < -0.4 is 5.32 Å². The summed E-state index contributed by atoms with van der Waals surface area (Å²) in [6, 6.07) is 0.